The van der Waals surface area contributed by atoms with E-state index in [0.717, 1.165) is 23.6 Å². The Morgan fingerprint density at radius 3 is 2.40 bits per heavy atom. The number of hydrogen-bond donors (Lipinski definition) is 1. The van der Waals surface area contributed by atoms with Gasteiger partial charge in [-0.1, -0.05) is 36.8 Å². The highest BCUT2D eigenvalue weighted by Crippen LogP contribution is 2.28. The Hall–Kier alpha value is -2.31. The number of carbonyl (C=O) groups is 1. The molecule has 4 nitrogen and oxygen atoms in total. The topological polar surface area (TPSA) is 46.9 Å². The van der Waals surface area contributed by atoms with Crippen LogP contribution in [0.5, 0.6) is 0 Å². The maximum Gasteiger partial charge on any atom is 0.435 e. The number of nitrogens with one attached hydrogen (secondary N) is 1. The molecular weight excluding hydrogens is 331 g/mol. The van der Waals surface area contributed by atoms with Crippen LogP contribution < -0.4 is 5.32 Å². The molecule has 1 heterocycles. The molecule has 0 spiro atoms. The number of carbonyl (C=O) groups excluding carboxylic acids is 1. The Labute approximate surface area is 145 Å². The fourth-order valence-electron chi connectivity index (χ4n) is 2.57. The summed E-state index contributed by atoms with van der Waals surface area (Å²) in [7, 11) is 0. The van der Waals surface area contributed by atoms with Crippen molar-refractivity contribution in [2.45, 2.75) is 52.4 Å². The fourth-order valence-corrected chi connectivity index (χ4v) is 2.57. The Bertz CT molecular complexity index is 720. The predicted molar refractivity (Wildman–Crippen MR) is 88.9 cm³/mol. The van der Waals surface area contributed by atoms with Gasteiger partial charge in [0, 0.05) is 18.7 Å². The van der Waals surface area contributed by atoms with Gasteiger partial charge in [0.2, 0.25) is 5.91 Å². The first-order valence-corrected chi connectivity index (χ1v) is 8.18. The summed E-state index contributed by atoms with van der Waals surface area (Å²) < 4.78 is 39.2. The number of amides is 1. The first kappa shape index (κ1) is 19.0. The van der Waals surface area contributed by atoms with Crippen molar-refractivity contribution in [1.29, 1.82) is 0 Å². The van der Waals surface area contributed by atoms with E-state index < -0.39 is 11.9 Å². The zero-order valence-electron chi connectivity index (χ0n) is 14.5. The van der Waals surface area contributed by atoms with Gasteiger partial charge in [-0.3, -0.25) is 9.48 Å². The molecule has 0 saturated carbocycles. The second kappa shape index (κ2) is 7.72. The molecule has 0 saturated heterocycles. The van der Waals surface area contributed by atoms with Crippen LogP contribution in [0.15, 0.2) is 30.3 Å². The quantitative estimate of drug-likeness (QED) is 0.847. The Morgan fingerprint density at radius 1 is 1.24 bits per heavy atom. The minimum atomic E-state index is -4.48. The molecule has 25 heavy (non-hydrogen) atoms. The number of alkyl halides is 3. The number of hydrogen-bond acceptors (Lipinski definition) is 2. The zero-order chi connectivity index (χ0) is 18.6. The number of benzene rings is 1. The Kier molecular flexibility index (Phi) is 5.87. The molecule has 1 N–H and O–H groups in total. The van der Waals surface area contributed by atoms with Crippen molar-refractivity contribution in [2.75, 3.05) is 0 Å². The van der Waals surface area contributed by atoms with Gasteiger partial charge in [0.1, 0.15) is 0 Å². The van der Waals surface area contributed by atoms with Crippen LogP contribution in [0.3, 0.4) is 0 Å². The van der Waals surface area contributed by atoms with Crippen LogP contribution in [0.1, 0.15) is 48.3 Å². The largest absolute Gasteiger partial charge is 0.435 e. The molecule has 0 aliphatic carbocycles. The molecule has 0 aliphatic heterocycles. The number of halogens is 3. The molecule has 136 valence electrons. The van der Waals surface area contributed by atoms with E-state index in [4.69, 9.17) is 0 Å². The molecule has 1 unspecified atom stereocenters. The zero-order valence-corrected chi connectivity index (χ0v) is 14.5. The van der Waals surface area contributed by atoms with Gasteiger partial charge in [0.05, 0.1) is 6.04 Å². The van der Waals surface area contributed by atoms with Gasteiger partial charge in [0.25, 0.3) is 0 Å². The minimum Gasteiger partial charge on any atom is -0.349 e. The Balaban J connectivity index is 1.96. The molecular formula is C18H22F3N3O. The van der Waals surface area contributed by atoms with Crippen LogP contribution >= 0.6 is 0 Å². The van der Waals surface area contributed by atoms with Gasteiger partial charge < -0.3 is 5.32 Å². The van der Waals surface area contributed by atoms with Crippen LogP contribution in [0.25, 0.3) is 0 Å². The third-order valence-electron chi connectivity index (χ3n) is 4.05. The van der Waals surface area contributed by atoms with Gasteiger partial charge in [0.15, 0.2) is 5.69 Å². The lowest BCUT2D eigenvalue weighted by molar-refractivity contribution is -0.141. The summed E-state index contributed by atoms with van der Waals surface area (Å²) in [5.41, 5.74) is 1.60. The summed E-state index contributed by atoms with van der Waals surface area (Å²) in [4.78, 5) is 12.2. The molecule has 1 amide bonds. The highest BCUT2D eigenvalue weighted by Gasteiger charge is 2.34. The fraction of sp³-hybridized carbons (Fsp3) is 0.444. The molecule has 0 bridgehead atoms. The summed E-state index contributed by atoms with van der Waals surface area (Å²) >= 11 is 0. The summed E-state index contributed by atoms with van der Waals surface area (Å²) in [5, 5.41) is 6.46. The van der Waals surface area contributed by atoms with Crippen LogP contribution in [-0.2, 0) is 17.5 Å². The van der Waals surface area contributed by atoms with Crippen molar-refractivity contribution in [2.24, 2.45) is 0 Å². The van der Waals surface area contributed by atoms with Crippen molar-refractivity contribution in [3.63, 3.8) is 0 Å². The SMILES string of the molecule is CCC(NC(=O)CCn1nc(C(F)(F)F)cc1C)c1ccc(C)cc1. The summed E-state index contributed by atoms with van der Waals surface area (Å²) in [6, 6.07) is 8.77. The maximum atomic E-state index is 12.7. The van der Waals surface area contributed by atoms with E-state index in [1.807, 2.05) is 38.1 Å². The van der Waals surface area contributed by atoms with E-state index in [1.54, 1.807) is 6.92 Å². The van der Waals surface area contributed by atoms with Crippen LogP contribution in [0.2, 0.25) is 0 Å². The van der Waals surface area contributed by atoms with Crippen LogP contribution in [0.4, 0.5) is 13.2 Å². The second-order valence-electron chi connectivity index (χ2n) is 6.08. The van der Waals surface area contributed by atoms with Crippen molar-refractivity contribution < 1.29 is 18.0 Å². The second-order valence-corrected chi connectivity index (χ2v) is 6.08. The molecule has 1 aromatic carbocycles. The predicted octanol–water partition coefficient (Wildman–Crippen LogP) is 4.18. The van der Waals surface area contributed by atoms with Crippen molar-refractivity contribution >= 4 is 5.91 Å². The van der Waals surface area contributed by atoms with E-state index in [0.29, 0.717) is 5.69 Å². The van der Waals surface area contributed by atoms with Gasteiger partial charge in [-0.2, -0.15) is 18.3 Å². The molecule has 1 atom stereocenters. The van der Waals surface area contributed by atoms with Crippen molar-refractivity contribution in [3.8, 4) is 0 Å². The van der Waals surface area contributed by atoms with E-state index >= 15 is 0 Å². The van der Waals surface area contributed by atoms with Crippen LogP contribution in [-0.4, -0.2) is 15.7 Å². The first-order chi connectivity index (χ1) is 11.7. The van der Waals surface area contributed by atoms with E-state index in [2.05, 4.69) is 10.4 Å². The molecule has 7 heteroatoms. The summed E-state index contributed by atoms with van der Waals surface area (Å²) in [6.07, 6.45) is -3.67. The standard InChI is InChI=1S/C18H22F3N3O/c1-4-15(14-7-5-12(2)6-8-14)22-17(25)9-10-24-13(3)11-16(23-24)18(19,20)21/h5-8,11,15H,4,9-10H2,1-3H3,(H,22,25). The summed E-state index contributed by atoms with van der Waals surface area (Å²) in [6.45, 7) is 5.61. The third kappa shape index (κ3) is 5.08. The molecule has 2 rings (SSSR count). The summed E-state index contributed by atoms with van der Waals surface area (Å²) in [5.74, 6) is -0.212. The maximum absolute atomic E-state index is 12.7. The molecule has 0 fully saturated rings. The van der Waals surface area contributed by atoms with Gasteiger partial charge >= 0.3 is 6.18 Å². The van der Waals surface area contributed by atoms with Gasteiger partial charge in [-0.05, 0) is 31.9 Å². The Morgan fingerprint density at radius 2 is 1.88 bits per heavy atom. The normalized spacial score (nSPS) is 12.9. The lowest BCUT2D eigenvalue weighted by Crippen LogP contribution is -2.29. The molecule has 1 aromatic heterocycles. The first-order valence-electron chi connectivity index (χ1n) is 8.18. The molecule has 0 radical (unpaired) electrons. The lowest BCUT2D eigenvalue weighted by atomic mass is 10.0. The smallest absolute Gasteiger partial charge is 0.349 e. The number of nitrogens with zero attached hydrogens (tertiary/aromatic N) is 2. The van der Waals surface area contributed by atoms with Crippen molar-refractivity contribution in [3.05, 3.63) is 52.8 Å². The molecule has 0 aliphatic rings. The van der Waals surface area contributed by atoms with Crippen molar-refractivity contribution in [1.82, 2.24) is 15.1 Å². The van der Waals surface area contributed by atoms with Crippen LogP contribution in [0, 0.1) is 13.8 Å². The monoisotopic (exact) mass is 353 g/mol. The average Bonchev–Trinajstić information content (AvgIpc) is 2.93. The van der Waals surface area contributed by atoms with Gasteiger partial charge in [-0.25, -0.2) is 0 Å². The number of aromatic nitrogens is 2. The highest BCUT2D eigenvalue weighted by atomic mass is 19.4. The number of aryl methyl sites for hydroxylation is 3. The van der Waals surface area contributed by atoms with E-state index in [1.165, 1.54) is 4.68 Å². The molecule has 2 aromatic rings. The number of rotatable bonds is 6. The average molecular weight is 353 g/mol. The minimum absolute atomic E-state index is 0.0716. The third-order valence-corrected chi connectivity index (χ3v) is 4.05. The van der Waals surface area contributed by atoms with E-state index in [9.17, 15) is 18.0 Å². The highest BCUT2D eigenvalue weighted by molar-refractivity contribution is 5.76. The van der Waals surface area contributed by atoms with E-state index in [-0.39, 0.29) is 24.9 Å². The van der Waals surface area contributed by atoms with Gasteiger partial charge in [-0.15, -0.1) is 0 Å². The lowest BCUT2D eigenvalue weighted by Gasteiger charge is -2.18.